The van der Waals surface area contributed by atoms with Crippen LogP contribution in [0.15, 0.2) is 0 Å². The van der Waals surface area contributed by atoms with Crippen molar-refractivity contribution < 1.29 is 0 Å². The summed E-state index contributed by atoms with van der Waals surface area (Å²) in [6.45, 7) is 9.65. The minimum absolute atomic E-state index is 0.201. The van der Waals surface area contributed by atoms with Gasteiger partial charge < -0.3 is 10.6 Å². The van der Waals surface area contributed by atoms with Gasteiger partial charge in [-0.3, -0.25) is 0 Å². The molecule has 1 heterocycles. The third kappa shape index (κ3) is 3.41. The van der Waals surface area contributed by atoms with Crippen LogP contribution in [0.2, 0.25) is 0 Å². The Morgan fingerprint density at radius 3 is 2.35 bits per heavy atom. The number of aryl methyl sites for hydroxylation is 1. The summed E-state index contributed by atoms with van der Waals surface area (Å²) < 4.78 is 0. The lowest BCUT2D eigenvalue weighted by molar-refractivity contribution is 0.530. The first-order valence-corrected chi connectivity index (χ1v) is 7.97. The van der Waals surface area contributed by atoms with Gasteiger partial charge in [-0.1, -0.05) is 26.7 Å². The van der Waals surface area contributed by atoms with Crippen LogP contribution in [-0.4, -0.2) is 22.1 Å². The molecule has 4 nitrogen and oxygen atoms in total. The van der Waals surface area contributed by atoms with E-state index in [2.05, 4.69) is 43.3 Å². The first-order chi connectivity index (χ1) is 9.58. The standard InChI is InChI=1S/C16H28N4/c1-5-11-17-14-12(3)15(19-13(6-2)18-14)20-16(4)9-7-8-10-16/h5-11H2,1-4H3,(H2,17,18,19,20). The number of nitrogens with one attached hydrogen (secondary N) is 2. The second-order valence-corrected chi connectivity index (χ2v) is 6.14. The molecule has 112 valence electrons. The molecule has 0 amide bonds. The van der Waals surface area contributed by atoms with Crippen molar-refractivity contribution in [2.24, 2.45) is 0 Å². The second kappa shape index (κ2) is 6.42. The van der Waals surface area contributed by atoms with Crippen LogP contribution in [0.25, 0.3) is 0 Å². The number of aromatic nitrogens is 2. The largest absolute Gasteiger partial charge is 0.370 e. The second-order valence-electron chi connectivity index (χ2n) is 6.14. The molecule has 20 heavy (non-hydrogen) atoms. The van der Waals surface area contributed by atoms with E-state index in [1.807, 2.05) is 0 Å². The van der Waals surface area contributed by atoms with Gasteiger partial charge in [0.05, 0.1) is 0 Å². The number of rotatable bonds is 6. The van der Waals surface area contributed by atoms with Crippen LogP contribution in [0.5, 0.6) is 0 Å². The summed E-state index contributed by atoms with van der Waals surface area (Å²) in [5, 5.41) is 7.11. The minimum Gasteiger partial charge on any atom is -0.370 e. The maximum Gasteiger partial charge on any atom is 0.135 e. The fourth-order valence-corrected chi connectivity index (χ4v) is 2.82. The van der Waals surface area contributed by atoms with Gasteiger partial charge in [-0.2, -0.15) is 0 Å². The number of nitrogens with zero attached hydrogens (tertiary/aromatic N) is 2. The molecule has 1 saturated carbocycles. The summed E-state index contributed by atoms with van der Waals surface area (Å²) in [5.41, 5.74) is 1.34. The quantitative estimate of drug-likeness (QED) is 0.827. The third-order valence-electron chi connectivity index (χ3n) is 4.18. The number of hydrogen-bond donors (Lipinski definition) is 2. The van der Waals surface area contributed by atoms with Crippen molar-refractivity contribution in [1.82, 2.24) is 9.97 Å². The van der Waals surface area contributed by atoms with Crippen LogP contribution in [0.1, 0.15) is 64.3 Å². The summed E-state index contributed by atoms with van der Waals surface area (Å²) in [4.78, 5) is 9.33. The van der Waals surface area contributed by atoms with E-state index in [9.17, 15) is 0 Å². The lowest BCUT2D eigenvalue weighted by Crippen LogP contribution is -2.32. The predicted molar refractivity (Wildman–Crippen MR) is 85.4 cm³/mol. The smallest absolute Gasteiger partial charge is 0.135 e. The van der Waals surface area contributed by atoms with Crippen LogP contribution in [0.3, 0.4) is 0 Å². The molecule has 1 fully saturated rings. The zero-order valence-corrected chi connectivity index (χ0v) is 13.3. The molecule has 1 aliphatic carbocycles. The number of anilines is 2. The third-order valence-corrected chi connectivity index (χ3v) is 4.18. The molecule has 1 aromatic heterocycles. The monoisotopic (exact) mass is 276 g/mol. The molecule has 2 N–H and O–H groups in total. The molecule has 0 bridgehead atoms. The van der Waals surface area contributed by atoms with Crippen LogP contribution in [0, 0.1) is 6.92 Å². The molecule has 1 aliphatic rings. The molecule has 0 spiro atoms. The van der Waals surface area contributed by atoms with E-state index in [4.69, 9.17) is 4.98 Å². The van der Waals surface area contributed by atoms with Crippen LogP contribution >= 0.6 is 0 Å². The molecule has 0 atom stereocenters. The van der Waals surface area contributed by atoms with E-state index in [-0.39, 0.29) is 5.54 Å². The van der Waals surface area contributed by atoms with Gasteiger partial charge in [0.2, 0.25) is 0 Å². The van der Waals surface area contributed by atoms with Crippen molar-refractivity contribution in [3.63, 3.8) is 0 Å². The molecule has 0 aliphatic heterocycles. The van der Waals surface area contributed by atoms with Crippen LogP contribution in [-0.2, 0) is 6.42 Å². The van der Waals surface area contributed by atoms with Gasteiger partial charge in [-0.05, 0) is 33.1 Å². The summed E-state index contributed by atoms with van der Waals surface area (Å²) in [5.74, 6) is 2.92. The molecule has 0 radical (unpaired) electrons. The minimum atomic E-state index is 0.201. The SMILES string of the molecule is CCCNc1nc(CC)nc(NC2(C)CCCC2)c1C. The average Bonchev–Trinajstić information content (AvgIpc) is 2.86. The lowest BCUT2D eigenvalue weighted by atomic mass is 10.0. The van der Waals surface area contributed by atoms with E-state index >= 15 is 0 Å². The van der Waals surface area contributed by atoms with E-state index in [1.54, 1.807) is 0 Å². The van der Waals surface area contributed by atoms with E-state index in [1.165, 1.54) is 25.7 Å². The van der Waals surface area contributed by atoms with Crippen molar-refractivity contribution in [1.29, 1.82) is 0 Å². The summed E-state index contributed by atoms with van der Waals surface area (Å²) >= 11 is 0. The molecular weight excluding hydrogens is 248 g/mol. The molecule has 0 aromatic carbocycles. The predicted octanol–water partition coefficient (Wildman–Crippen LogP) is 3.91. The van der Waals surface area contributed by atoms with Crippen molar-refractivity contribution in [3.8, 4) is 0 Å². The van der Waals surface area contributed by atoms with E-state index in [0.29, 0.717) is 0 Å². The molecule has 4 heteroatoms. The van der Waals surface area contributed by atoms with Crippen molar-refractivity contribution in [2.45, 2.75) is 71.8 Å². The molecule has 0 unspecified atom stereocenters. The average molecular weight is 276 g/mol. The topological polar surface area (TPSA) is 49.8 Å². The number of hydrogen-bond acceptors (Lipinski definition) is 4. The van der Waals surface area contributed by atoms with Crippen molar-refractivity contribution in [3.05, 3.63) is 11.4 Å². The summed E-state index contributed by atoms with van der Waals surface area (Å²) in [6, 6.07) is 0. The Kier molecular flexibility index (Phi) is 4.84. The first kappa shape index (κ1) is 15.1. The maximum absolute atomic E-state index is 4.71. The Labute approximate surface area is 122 Å². The molecule has 1 aromatic rings. The summed E-state index contributed by atoms with van der Waals surface area (Å²) in [7, 11) is 0. The van der Waals surface area contributed by atoms with Gasteiger partial charge in [0.25, 0.3) is 0 Å². The zero-order chi connectivity index (χ0) is 14.6. The van der Waals surface area contributed by atoms with Gasteiger partial charge in [-0.15, -0.1) is 0 Å². The van der Waals surface area contributed by atoms with Crippen molar-refractivity contribution >= 4 is 11.6 Å². The Balaban J connectivity index is 2.26. The highest BCUT2D eigenvalue weighted by atomic mass is 15.1. The van der Waals surface area contributed by atoms with E-state index in [0.717, 1.165) is 42.4 Å². The first-order valence-electron chi connectivity index (χ1n) is 7.97. The maximum atomic E-state index is 4.71. The molecule has 0 saturated heterocycles. The van der Waals surface area contributed by atoms with Crippen LogP contribution < -0.4 is 10.6 Å². The summed E-state index contributed by atoms with van der Waals surface area (Å²) in [6.07, 6.45) is 7.06. The van der Waals surface area contributed by atoms with Crippen molar-refractivity contribution in [2.75, 3.05) is 17.2 Å². The Bertz CT molecular complexity index is 450. The Morgan fingerprint density at radius 1 is 1.10 bits per heavy atom. The normalized spacial score (nSPS) is 17.2. The van der Waals surface area contributed by atoms with Gasteiger partial charge in [0.15, 0.2) is 0 Å². The molecular formula is C16H28N4. The highest BCUT2D eigenvalue weighted by Gasteiger charge is 2.29. The lowest BCUT2D eigenvalue weighted by Gasteiger charge is -2.27. The highest BCUT2D eigenvalue weighted by molar-refractivity contribution is 5.58. The van der Waals surface area contributed by atoms with Gasteiger partial charge in [0, 0.05) is 24.1 Å². The van der Waals surface area contributed by atoms with Crippen LogP contribution in [0.4, 0.5) is 11.6 Å². The molecule has 2 rings (SSSR count). The van der Waals surface area contributed by atoms with Gasteiger partial charge in [-0.25, -0.2) is 9.97 Å². The van der Waals surface area contributed by atoms with E-state index < -0.39 is 0 Å². The fraction of sp³-hybridized carbons (Fsp3) is 0.750. The van der Waals surface area contributed by atoms with Gasteiger partial charge >= 0.3 is 0 Å². The fourth-order valence-electron chi connectivity index (χ4n) is 2.82. The Morgan fingerprint density at radius 2 is 1.75 bits per heavy atom. The highest BCUT2D eigenvalue weighted by Crippen LogP contribution is 2.33. The zero-order valence-electron chi connectivity index (χ0n) is 13.3. The Hall–Kier alpha value is -1.32. The van der Waals surface area contributed by atoms with Gasteiger partial charge in [0.1, 0.15) is 17.5 Å².